The van der Waals surface area contributed by atoms with Crippen molar-refractivity contribution in [3.05, 3.63) is 23.7 Å². The molecule has 3 aromatic heterocycles. The fourth-order valence-electron chi connectivity index (χ4n) is 3.07. The Morgan fingerprint density at radius 3 is 2.86 bits per heavy atom. The van der Waals surface area contributed by atoms with Crippen molar-refractivity contribution in [1.29, 1.82) is 0 Å². The number of nitrogens with zero attached hydrogens (tertiary/aromatic N) is 7. The van der Waals surface area contributed by atoms with E-state index >= 15 is 0 Å². The Morgan fingerprint density at radius 2 is 2.09 bits per heavy atom. The Kier molecular flexibility index (Phi) is 2.85. The molecule has 114 valence electrons. The molecule has 0 spiro atoms. The van der Waals surface area contributed by atoms with Gasteiger partial charge in [0.2, 0.25) is 5.89 Å². The van der Waals surface area contributed by atoms with E-state index in [1.165, 1.54) is 0 Å². The second kappa shape index (κ2) is 4.75. The van der Waals surface area contributed by atoms with Crippen LogP contribution in [0, 0.1) is 13.8 Å². The summed E-state index contributed by atoms with van der Waals surface area (Å²) in [5, 5.41) is 9.36. The minimum absolute atomic E-state index is 0.0927. The summed E-state index contributed by atoms with van der Waals surface area (Å²) >= 11 is 0. The van der Waals surface area contributed by atoms with Crippen molar-refractivity contribution >= 4 is 16.9 Å². The minimum atomic E-state index is 0.0927. The predicted octanol–water partition coefficient (Wildman–Crippen LogP) is 1.70. The smallest absolute Gasteiger partial charge is 0.223 e. The topological polar surface area (TPSA) is 85.8 Å². The number of rotatable bonds is 2. The molecule has 0 radical (unpaired) electrons. The molecule has 8 heteroatoms. The molecule has 1 aliphatic heterocycles. The highest BCUT2D eigenvalue weighted by Gasteiger charge is 2.32. The quantitative estimate of drug-likeness (QED) is 0.712. The number of fused-ring (bicyclic) bond motifs is 1. The third kappa shape index (κ3) is 1.94. The van der Waals surface area contributed by atoms with E-state index in [2.05, 4.69) is 30.1 Å². The van der Waals surface area contributed by atoms with E-state index in [1.54, 1.807) is 4.68 Å². The summed E-state index contributed by atoms with van der Waals surface area (Å²) in [6, 6.07) is 0.0927. The van der Waals surface area contributed by atoms with Gasteiger partial charge in [-0.25, -0.2) is 9.97 Å². The first kappa shape index (κ1) is 13.2. The van der Waals surface area contributed by atoms with Gasteiger partial charge in [0, 0.05) is 20.5 Å². The third-order valence-electron chi connectivity index (χ3n) is 4.05. The maximum absolute atomic E-state index is 5.14. The second-order valence-corrected chi connectivity index (χ2v) is 5.62. The fourth-order valence-corrected chi connectivity index (χ4v) is 3.07. The molecule has 0 unspecified atom stereocenters. The van der Waals surface area contributed by atoms with Crippen molar-refractivity contribution in [2.75, 3.05) is 11.4 Å². The molecule has 0 bridgehead atoms. The van der Waals surface area contributed by atoms with Gasteiger partial charge in [-0.1, -0.05) is 5.16 Å². The maximum Gasteiger partial charge on any atom is 0.223 e. The van der Waals surface area contributed by atoms with E-state index in [1.807, 2.05) is 27.1 Å². The molecule has 0 aliphatic carbocycles. The van der Waals surface area contributed by atoms with Crippen molar-refractivity contribution in [3.8, 4) is 0 Å². The Balaban J connectivity index is 1.83. The van der Waals surface area contributed by atoms with Gasteiger partial charge in [0.25, 0.3) is 0 Å². The average Bonchev–Trinajstić information content (AvgIpc) is 3.19. The molecule has 4 heterocycles. The molecular weight excluding hydrogens is 282 g/mol. The molecule has 1 aliphatic rings. The molecular formula is C14H17N7O. The Bertz CT molecular complexity index is 837. The van der Waals surface area contributed by atoms with Gasteiger partial charge in [-0.2, -0.15) is 10.1 Å². The second-order valence-electron chi connectivity index (χ2n) is 5.62. The van der Waals surface area contributed by atoms with E-state index in [4.69, 9.17) is 4.52 Å². The van der Waals surface area contributed by atoms with Crippen molar-refractivity contribution in [2.45, 2.75) is 32.7 Å². The van der Waals surface area contributed by atoms with Gasteiger partial charge in [-0.3, -0.25) is 4.68 Å². The number of hydrogen-bond donors (Lipinski definition) is 0. The molecule has 0 saturated carbocycles. The number of aryl methyl sites for hydroxylation is 3. The molecule has 0 aromatic carbocycles. The molecule has 1 atom stereocenters. The van der Waals surface area contributed by atoms with Gasteiger partial charge in [0.15, 0.2) is 11.5 Å². The first-order valence-corrected chi connectivity index (χ1v) is 7.36. The van der Waals surface area contributed by atoms with E-state index < -0.39 is 0 Å². The van der Waals surface area contributed by atoms with E-state index in [0.29, 0.717) is 5.89 Å². The fraction of sp³-hybridized carbons (Fsp3) is 0.500. The van der Waals surface area contributed by atoms with Gasteiger partial charge in [0.05, 0.1) is 17.6 Å². The average molecular weight is 299 g/mol. The van der Waals surface area contributed by atoms with Gasteiger partial charge in [-0.15, -0.1) is 0 Å². The number of anilines is 1. The zero-order valence-corrected chi connectivity index (χ0v) is 12.8. The summed E-state index contributed by atoms with van der Waals surface area (Å²) in [7, 11) is 1.89. The van der Waals surface area contributed by atoms with Crippen LogP contribution in [0.3, 0.4) is 0 Å². The Labute approximate surface area is 127 Å². The van der Waals surface area contributed by atoms with Gasteiger partial charge in [0.1, 0.15) is 11.6 Å². The lowest BCUT2D eigenvalue weighted by atomic mass is 10.2. The molecule has 1 fully saturated rings. The van der Waals surface area contributed by atoms with Crippen LogP contribution in [-0.4, -0.2) is 36.4 Å². The van der Waals surface area contributed by atoms with Crippen LogP contribution in [-0.2, 0) is 7.05 Å². The molecule has 0 amide bonds. The summed E-state index contributed by atoms with van der Waals surface area (Å²) in [6.07, 6.45) is 3.88. The van der Waals surface area contributed by atoms with Crippen LogP contribution in [0.25, 0.3) is 11.0 Å². The molecule has 3 aromatic rings. The largest absolute Gasteiger partial charge is 0.345 e. The van der Waals surface area contributed by atoms with Crippen LogP contribution < -0.4 is 4.90 Å². The van der Waals surface area contributed by atoms with E-state index in [0.717, 1.165) is 47.9 Å². The molecule has 22 heavy (non-hydrogen) atoms. The van der Waals surface area contributed by atoms with Crippen molar-refractivity contribution in [3.63, 3.8) is 0 Å². The molecule has 8 nitrogen and oxygen atoms in total. The lowest BCUT2D eigenvalue weighted by molar-refractivity contribution is 0.383. The van der Waals surface area contributed by atoms with Crippen molar-refractivity contribution in [2.24, 2.45) is 7.05 Å². The summed E-state index contributed by atoms with van der Waals surface area (Å²) in [5.74, 6) is 2.96. The Morgan fingerprint density at radius 1 is 1.23 bits per heavy atom. The first-order valence-electron chi connectivity index (χ1n) is 7.36. The highest BCUT2D eigenvalue weighted by Crippen LogP contribution is 2.36. The standard InChI is InChI=1S/C14H17N7O/c1-8-16-13-10(7-15-20(13)3)14(17-8)21-6-4-5-11(21)12-18-9(2)22-19-12/h7,11H,4-6H2,1-3H3/t11-/m0/s1. The predicted molar refractivity (Wildman–Crippen MR) is 79.4 cm³/mol. The zero-order valence-electron chi connectivity index (χ0n) is 12.8. The third-order valence-corrected chi connectivity index (χ3v) is 4.05. The highest BCUT2D eigenvalue weighted by molar-refractivity contribution is 5.87. The number of hydrogen-bond acceptors (Lipinski definition) is 7. The van der Waals surface area contributed by atoms with Crippen LogP contribution in [0.4, 0.5) is 5.82 Å². The van der Waals surface area contributed by atoms with Crippen molar-refractivity contribution in [1.82, 2.24) is 29.9 Å². The molecule has 1 saturated heterocycles. The normalized spacial score (nSPS) is 18.5. The van der Waals surface area contributed by atoms with E-state index in [9.17, 15) is 0 Å². The van der Waals surface area contributed by atoms with E-state index in [-0.39, 0.29) is 6.04 Å². The SMILES string of the molecule is Cc1nc(N2CCC[C@H]2c2noc(C)n2)c2cnn(C)c2n1. The summed E-state index contributed by atoms with van der Waals surface area (Å²) < 4.78 is 6.91. The van der Waals surface area contributed by atoms with Crippen LogP contribution in [0.15, 0.2) is 10.7 Å². The number of aromatic nitrogens is 6. The zero-order chi connectivity index (χ0) is 15.3. The Hall–Kier alpha value is -2.51. The van der Waals surface area contributed by atoms with Crippen LogP contribution >= 0.6 is 0 Å². The monoisotopic (exact) mass is 299 g/mol. The van der Waals surface area contributed by atoms with Gasteiger partial charge < -0.3 is 9.42 Å². The molecule has 4 rings (SSSR count). The molecule has 0 N–H and O–H groups in total. The van der Waals surface area contributed by atoms with Crippen LogP contribution in [0.5, 0.6) is 0 Å². The van der Waals surface area contributed by atoms with Crippen LogP contribution in [0.2, 0.25) is 0 Å². The van der Waals surface area contributed by atoms with Gasteiger partial charge in [-0.05, 0) is 19.8 Å². The summed E-state index contributed by atoms with van der Waals surface area (Å²) in [5.41, 5.74) is 0.845. The minimum Gasteiger partial charge on any atom is -0.345 e. The first-order chi connectivity index (χ1) is 10.6. The van der Waals surface area contributed by atoms with Crippen LogP contribution in [0.1, 0.15) is 36.4 Å². The lowest BCUT2D eigenvalue weighted by Gasteiger charge is -2.24. The lowest BCUT2D eigenvalue weighted by Crippen LogP contribution is -2.25. The maximum atomic E-state index is 5.14. The van der Waals surface area contributed by atoms with Gasteiger partial charge >= 0.3 is 0 Å². The van der Waals surface area contributed by atoms with Crippen molar-refractivity contribution < 1.29 is 4.52 Å². The summed E-state index contributed by atoms with van der Waals surface area (Å²) in [6.45, 7) is 4.63. The summed E-state index contributed by atoms with van der Waals surface area (Å²) in [4.78, 5) is 15.8. The highest BCUT2D eigenvalue weighted by atomic mass is 16.5.